The van der Waals surface area contributed by atoms with Gasteiger partial charge in [-0.1, -0.05) is 18.2 Å². The fourth-order valence-electron chi connectivity index (χ4n) is 1.41. The van der Waals surface area contributed by atoms with E-state index < -0.39 is 0 Å². The Morgan fingerprint density at radius 1 is 1.33 bits per heavy atom. The van der Waals surface area contributed by atoms with Gasteiger partial charge in [0.2, 0.25) is 5.24 Å². The summed E-state index contributed by atoms with van der Waals surface area (Å²) in [7, 11) is 0. The van der Waals surface area contributed by atoms with Gasteiger partial charge in [-0.05, 0) is 43.0 Å². The molecule has 0 amide bonds. The molecule has 1 aromatic carbocycles. The summed E-state index contributed by atoms with van der Waals surface area (Å²) in [5, 5.41) is -0.305. The molecule has 0 fully saturated rings. The molecule has 82 valence electrons. The third kappa shape index (κ3) is 3.92. The van der Waals surface area contributed by atoms with E-state index in [4.69, 9.17) is 16.3 Å². The maximum absolute atomic E-state index is 10.5. The normalized spacial score (nSPS) is 10.1. The van der Waals surface area contributed by atoms with Crippen LogP contribution in [-0.4, -0.2) is 11.8 Å². The Morgan fingerprint density at radius 2 is 1.93 bits per heavy atom. The van der Waals surface area contributed by atoms with Crippen LogP contribution in [0.25, 0.3) is 0 Å². The topological polar surface area (TPSA) is 26.3 Å². The lowest BCUT2D eigenvalue weighted by Crippen LogP contribution is -2.02. The molecule has 15 heavy (non-hydrogen) atoms. The zero-order chi connectivity index (χ0) is 11.3. The second-order valence-electron chi connectivity index (χ2n) is 3.53. The molecule has 3 heteroatoms. The first-order valence-electron chi connectivity index (χ1n) is 4.98. The third-order valence-electron chi connectivity index (χ3n) is 2.17. The molecule has 0 N–H and O–H groups in total. The molecular formula is C12H15ClO2. The first-order valence-corrected chi connectivity index (χ1v) is 5.36. The van der Waals surface area contributed by atoms with Crippen LogP contribution in [-0.2, 0) is 4.79 Å². The van der Waals surface area contributed by atoms with Crippen LogP contribution in [0.5, 0.6) is 5.75 Å². The molecule has 0 saturated carbocycles. The number of carbonyl (C=O) groups excluding carboxylic acids is 1. The minimum atomic E-state index is -0.305. The molecular weight excluding hydrogens is 212 g/mol. The molecule has 0 aliphatic rings. The zero-order valence-corrected chi connectivity index (χ0v) is 9.80. The van der Waals surface area contributed by atoms with Crippen LogP contribution in [0.4, 0.5) is 0 Å². The molecule has 1 aromatic rings. The predicted octanol–water partition coefficient (Wildman–Crippen LogP) is 3.23. The lowest BCUT2D eigenvalue weighted by molar-refractivity contribution is -0.111. The molecule has 0 radical (unpaired) electrons. The van der Waals surface area contributed by atoms with Crippen LogP contribution in [0.15, 0.2) is 18.2 Å². The minimum Gasteiger partial charge on any atom is -0.493 e. The van der Waals surface area contributed by atoms with Gasteiger partial charge in [-0.25, -0.2) is 0 Å². The van der Waals surface area contributed by atoms with Crippen molar-refractivity contribution < 1.29 is 9.53 Å². The van der Waals surface area contributed by atoms with Crippen LogP contribution < -0.4 is 4.74 Å². The van der Waals surface area contributed by atoms with E-state index in [1.807, 2.05) is 32.0 Å². The van der Waals surface area contributed by atoms with Gasteiger partial charge in [0.25, 0.3) is 0 Å². The highest BCUT2D eigenvalue weighted by Gasteiger charge is 2.03. The molecule has 0 unspecified atom stereocenters. The number of halogens is 1. The molecule has 0 atom stereocenters. The lowest BCUT2D eigenvalue weighted by Gasteiger charge is -2.11. The Balaban J connectivity index is 2.47. The number of ether oxygens (including phenoxy) is 1. The summed E-state index contributed by atoms with van der Waals surface area (Å²) in [6.07, 6.45) is 1.03. The van der Waals surface area contributed by atoms with E-state index in [1.165, 1.54) is 0 Å². The summed E-state index contributed by atoms with van der Waals surface area (Å²) in [4.78, 5) is 10.5. The van der Waals surface area contributed by atoms with Crippen molar-refractivity contribution >= 4 is 16.8 Å². The van der Waals surface area contributed by atoms with Crippen LogP contribution in [0.2, 0.25) is 0 Å². The first kappa shape index (κ1) is 12.1. The number of para-hydroxylation sites is 1. The Labute approximate surface area is 95.2 Å². The van der Waals surface area contributed by atoms with Crippen molar-refractivity contribution in [3.8, 4) is 5.75 Å². The highest BCUT2D eigenvalue weighted by Crippen LogP contribution is 2.22. The predicted molar refractivity (Wildman–Crippen MR) is 61.5 cm³/mol. The highest BCUT2D eigenvalue weighted by atomic mass is 35.5. The summed E-state index contributed by atoms with van der Waals surface area (Å²) in [6, 6.07) is 6.02. The highest BCUT2D eigenvalue weighted by molar-refractivity contribution is 6.63. The van der Waals surface area contributed by atoms with E-state index in [0.717, 1.165) is 16.9 Å². The van der Waals surface area contributed by atoms with Gasteiger partial charge in [-0.15, -0.1) is 0 Å². The van der Waals surface area contributed by atoms with Gasteiger partial charge in [0.1, 0.15) is 5.75 Å². The van der Waals surface area contributed by atoms with Crippen molar-refractivity contribution in [2.24, 2.45) is 0 Å². The van der Waals surface area contributed by atoms with Crippen molar-refractivity contribution in [1.29, 1.82) is 0 Å². The van der Waals surface area contributed by atoms with Crippen molar-refractivity contribution in [3.63, 3.8) is 0 Å². The third-order valence-corrected chi connectivity index (χ3v) is 2.36. The maximum atomic E-state index is 10.5. The number of aryl methyl sites for hydroxylation is 2. The number of benzene rings is 1. The van der Waals surface area contributed by atoms with Crippen LogP contribution in [0.3, 0.4) is 0 Å². The molecule has 0 bridgehead atoms. The standard InChI is InChI=1S/C12H15ClO2/c1-9-5-3-6-10(2)12(9)15-8-4-7-11(13)14/h3,5-6H,4,7-8H2,1-2H3. The zero-order valence-electron chi connectivity index (χ0n) is 9.05. The average molecular weight is 227 g/mol. The molecule has 0 heterocycles. The monoisotopic (exact) mass is 226 g/mol. The van der Waals surface area contributed by atoms with Crippen molar-refractivity contribution in [3.05, 3.63) is 29.3 Å². The summed E-state index contributed by atoms with van der Waals surface area (Å²) < 4.78 is 5.61. The summed E-state index contributed by atoms with van der Waals surface area (Å²) >= 11 is 5.23. The largest absolute Gasteiger partial charge is 0.493 e. The van der Waals surface area contributed by atoms with E-state index in [2.05, 4.69) is 0 Å². The summed E-state index contributed by atoms with van der Waals surface area (Å²) in [5.74, 6) is 0.916. The van der Waals surface area contributed by atoms with Gasteiger partial charge in [-0.2, -0.15) is 0 Å². The molecule has 2 nitrogen and oxygen atoms in total. The van der Waals surface area contributed by atoms with Crippen LogP contribution in [0, 0.1) is 13.8 Å². The molecule has 0 aromatic heterocycles. The van der Waals surface area contributed by atoms with Gasteiger partial charge in [0.05, 0.1) is 6.61 Å². The quantitative estimate of drug-likeness (QED) is 0.569. The average Bonchev–Trinajstić information content (AvgIpc) is 2.15. The van der Waals surface area contributed by atoms with Gasteiger partial charge < -0.3 is 4.74 Å². The number of carbonyl (C=O) groups is 1. The van der Waals surface area contributed by atoms with E-state index in [0.29, 0.717) is 19.4 Å². The number of hydrogen-bond donors (Lipinski definition) is 0. The van der Waals surface area contributed by atoms with Crippen LogP contribution >= 0.6 is 11.6 Å². The molecule has 0 aliphatic heterocycles. The Hall–Kier alpha value is -1.02. The number of rotatable bonds is 5. The maximum Gasteiger partial charge on any atom is 0.221 e. The fraction of sp³-hybridized carbons (Fsp3) is 0.417. The van der Waals surface area contributed by atoms with Crippen molar-refractivity contribution in [2.75, 3.05) is 6.61 Å². The molecule has 1 rings (SSSR count). The molecule has 0 saturated heterocycles. The number of hydrogen-bond acceptors (Lipinski definition) is 2. The van der Waals surface area contributed by atoms with Crippen LogP contribution in [0.1, 0.15) is 24.0 Å². The SMILES string of the molecule is Cc1cccc(C)c1OCCCC(=O)Cl. The van der Waals surface area contributed by atoms with Gasteiger partial charge in [0, 0.05) is 6.42 Å². The Bertz CT molecular complexity index is 327. The van der Waals surface area contributed by atoms with Gasteiger partial charge in [0.15, 0.2) is 0 Å². The Morgan fingerprint density at radius 3 is 2.47 bits per heavy atom. The van der Waals surface area contributed by atoms with E-state index in [1.54, 1.807) is 0 Å². The molecule has 0 spiro atoms. The fourth-order valence-corrected chi connectivity index (χ4v) is 1.55. The minimum absolute atomic E-state index is 0.305. The van der Waals surface area contributed by atoms with Crippen molar-refractivity contribution in [2.45, 2.75) is 26.7 Å². The summed E-state index contributed by atoms with van der Waals surface area (Å²) in [6.45, 7) is 4.55. The second kappa shape index (κ2) is 5.76. The van der Waals surface area contributed by atoms with Crippen molar-refractivity contribution in [1.82, 2.24) is 0 Å². The first-order chi connectivity index (χ1) is 7.11. The van der Waals surface area contributed by atoms with Gasteiger partial charge in [-0.3, -0.25) is 4.79 Å². The van der Waals surface area contributed by atoms with Gasteiger partial charge >= 0.3 is 0 Å². The second-order valence-corrected chi connectivity index (χ2v) is 3.95. The molecule has 0 aliphatic carbocycles. The Kier molecular flexibility index (Phi) is 4.63. The van der Waals surface area contributed by atoms with E-state index in [-0.39, 0.29) is 5.24 Å². The summed E-state index contributed by atoms with van der Waals surface area (Å²) in [5.41, 5.74) is 2.24. The lowest BCUT2D eigenvalue weighted by atomic mass is 10.1. The van der Waals surface area contributed by atoms with E-state index >= 15 is 0 Å². The van der Waals surface area contributed by atoms with E-state index in [9.17, 15) is 4.79 Å². The smallest absolute Gasteiger partial charge is 0.221 e.